The Morgan fingerprint density at radius 1 is 1.35 bits per heavy atom. The fourth-order valence-electron chi connectivity index (χ4n) is 1.77. The average molecular weight is 258 g/mol. The molecule has 100 valence electrons. The second-order valence-corrected chi connectivity index (χ2v) is 5.80. The normalized spacial score (nSPS) is 15.8. The van der Waals surface area contributed by atoms with Gasteiger partial charge in [-0.15, -0.1) is 0 Å². The van der Waals surface area contributed by atoms with E-state index in [4.69, 9.17) is 22.7 Å². The van der Waals surface area contributed by atoms with E-state index in [2.05, 4.69) is 18.7 Å². The minimum atomic E-state index is 0.622. The first kappa shape index (κ1) is 14.9. The summed E-state index contributed by atoms with van der Waals surface area (Å²) in [5, 5.41) is 0. The van der Waals surface area contributed by atoms with Gasteiger partial charge in [0.1, 0.15) is 0 Å². The monoisotopic (exact) mass is 258 g/mol. The van der Waals surface area contributed by atoms with E-state index in [9.17, 15) is 0 Å². The lowest BCUT2D eigenvalue weighted by Gasteiger charge is -2.21. The van der Waals surface area contributed by atoms with Crippen LogP contribution in [-0.2, 0) is 4.74 Å². The standard InChI is InChI=1S/C13H26N2OS/c1-11(2)6-9-16-10-8-15(12-3-4-12)7-5-13(14)17/h11-12H,3-10H2,1-2H3,(H2,14,17). The molecule has 0 bridgehead atoms. The van der Waals surface area contributed by atoms with Crippen molar-refractivity contribution in [2.45, 2.75) is 45.6 Å². The summed E-state index contributed by atoms with van der Waals surface area (Å²) in [6, 6.07) is 0.762. The van der Waals surface area contributed by atoms with E-state index >= 15 is 0 Å². The summed E-state index contributed by atoms with van der Waals surface area (Å²) in [4.78, 5) is 3.09. The van der Waals surface area contributed by atoms with E-state index in [0.29, 0.717) is 4.99 Å². The van der Waals surface area contributed by atoms with Crippen LogP contribution in [0, 0.1) is 5.92 Å². The number of ether oxygens (including phenoxy) is 1. The molecule has 0 unspecified atom stereocenters. The molecule has 1 aliphatic carbocycles. The fourth-order valence-corrected chi connectivity index (χ4v) is 1.86. The summed E-state index contributed by atoms with van der Waals surface area (Å²) in [5.74, 6) is 0.726. The Morgan fingerprint density at radius 2 is 2.06 bits per heavy atom. The molecule has 0 spiro atoms. The zero-order chi connectivity index (χ0) is 12.7. The highest BCUT2D eigenvalue weighted by Crippen LogP contribution is 2.26. The molecule has 0 radical (unpaired) electrons. The van der Waals surface area contributed by atoms with Gasteiger partial charge >= 0.3 is 0 Å². The van der Waals surface area contributed by atoms with Gasteiger partial charge < -0.3 is 10.5 Å². The summed E-state index contributed by atoms with van der Waals surface area (Å²) >= 11 is 4.92. The Kier molecular flexibility index (Phi) is 7.00. The van der Waals surface area contributed by atoms with E-state index in [1.807, 2.05) is 0 Å². The Balaban J connectivity index is 2.06. The summed E-state index contributed by atoms with van der Waals surface area (Å²) < 4.78 is 5.65. The molecule has 1 saturated carbocycles. The predicted molar refractivity (Wildman–Crippen MR) is 76.3 cm³/mol. The van der Waals surface area contributed by atoms with Gasteiger partial charge in [-0.2, -0.15) is 0 Å². The van der Waals surface area contributed by atoms with Crippen LogP contribution in [0.3, 0.4) is 0 Å². The van der Waals surface area contributed by atoms with Gasteiger partial charge in [-0.25, -0.2) is 0 Å². The lowest BCUT2D eigenvalue weighted by molar-refractivity contribution is 0.0944. The molecule has 1 aliphatic rings. The van der Waals surface area contributed by atoms with E-state index in [1.54, 1.807) is 0 Å². The first-order valence-electron chi connectivity index (χ1n) is 6.69. The van der Waals surface area contributed by atoms with Crippen molar-refractivity contribution in [2.24, 2.45) is 11.7 Å². The van der Waals surface area contributed by atoms with Crippen LogP contribution in [0.5, 0.6) is 0 Å². The van der Waals surface area contributed by atoms with Crippen molar-refractivity contribution in [1.82, 2.24) is 4.90 Å². The largest absolute Gasteiger partial charge is 0.393 e. The van der Waals surface area contributed by atoms with Crippen molar-refractivity contribution in [3.05, 3.63) is 0 Å². The Hall–Kier alpha value is -0.190. The molecule has 0 amide bonds. The fraction of sp³-hybridized carbons (Fsp3) is 0.923. The first-order valence-corrected chi connectivity index (χ1v) is 7.10. The molecule has 0 aliphatic heterocycles. The van der Waals surface area contributed by atoms with Crippen LogP contribution in [0.2, 0.25) is 0 Å². The molecule has 2 N–H and O–H groups in total. The zero-order valence-corrected chi connectivity index (χ0v) is 12.0. The number of nitrogens with two attached hydrogens (primary N) is 1. The number of hydrogen-bond acceptors (Lipinski definition) is 3. The third-order valence-corrected chi connectivity index (χ3v) is 3.28. The maximum atomic E-state index is 5.65. The van der Waals surface area contributed by atoms with E-state index in [-0.39, 0.29) is 0 Å². The lowest BCUT2D eigenvalue weighted by atomic mass is 10.1. The van der Waals surface area contributed by atoms with Gasteiger partial charge in [0, 0.05) is 32.2 Å². The molecule has 0 aromatic carbocycles. The second-order valence-electron chi connectivity index (χ2n) is 5.28. The van der Waals surface area contributed by atoms with Gasteiger partial charge in [-0.05, 0) is 25.2 Å². The van der Waals surface area contributed by atoms with Crippen LogP contribution in [0.1, 0.15) is 39.5 Å². The SMILES string of the molecule is CC(C)CCOCCN(CCC(N)=S)C1CC1. The highest BCUT2D eigenvalue weighted by Gasteiger charge is 2.28. The second kappa shape index (κ2) is 8.01. The van der Waals surface area contributed by atoms with Crippen molar-refractivity contribution in [1.29, 1.82) is 0 Å². The minimum absolute atomic E-state index is 0.622. The van der Waals surface area contributed by atoms with Crippen molar-refractivity contribution < 1.29 is 4.74 Å². The molecule has 1 rings (SSSR count). The van der Waals surface area contributed by atoms with Gasteiger partial charge in [0.15, 0.2) is 0 Å². The van der Waals surface area contributed by atoms with Gasteiger partial charge in [-0.3, -0.25) is 4.90 Å². The van der Waals surface area contributed by atoms with Gasteiger partial charge in [0.25, 0.3) is 0 Å². The van der Waals surface area contributed by atoms with Crippen LogP contribution in [0.25, 0.3) is 0 Å². The topological polar surface area (TPSA) is 38.5 Å². The molecule has 0 heterocycles. The highest BCUT2D eigenvalue weighted by atomic mass is 32.1. The molecule has 0 saturated heterocycles. The third kappa shape index (κ3) is 7.68. The Bertz CT molecular complexity index is 229. The number of thiocarbonyl (C=S) groups is 1. The van der Waals surface area contributed by atoms with Crippen LogP contribution in [0.15, 0.2) is 0 Å². The van der Waals surface area contributed by atoms with Crippen molar-refractivity contribution in [3.63, 3.8) is 0 Å². The number of rotatable bonds is 10. The van der Waals surface area contributed by atoms with Crippen LogP contribution >= 0.6 is 12.2 Å². The Labute approximate surface area is 111 Å². The van der Waals surface area contributed by atoms with Crippen molar-refractivity contribution in [3.8, 4) is 0 Å². The minimum Gasteiger partial charge on any atom is -0.393 e. The van der Waals surface area contributed by atoms with Crippen LogP contribution in [0.4, 0.5) is 0 Å². The maximum absolute atomic E-state index is 5.65. The van der Waals surface area contributed by atoms with E-state index in [1.165, 1.54) is 12.8 Å². The van der Waals surface area contributed by atoms with Gasteiger partial charge in [0.05, 0.1) is 11.6 Å². The van der Waals surface area contributed by atoms with E-state index < -0.39 is 0 Å². The van der Waals surface area contributed by atoms with Gasteiger partial charge in [0.2, 0.25) is 0 Å². The molecule has 17 heavy (non-hydrogen) atoms. The summed E-state index contributed by atoms with van der Waals surface area (Å²) in [6.07, 6.45) is 4.63. The van der Waals surface area contributed by atoms with Gasteiger partial charge in [-0.1, -0.05) is 26.1 Å². The van der Waals surface area contributed by atoms with E-state index in [0.717, 1.165) is 51.1 Å². The summed E-state index contributed by atoms with van der Waals surface area (Å²) in [7, 11) is 0. The number of nitrogens with zero attached hydrogens (tertiary/aromatic N) is 1. The van der Waals surface area contributed by atoms with Crippen molar-refractivity contribution in [2.75, 3.05) is 26.3 Å². The average Bonchev–Trinajstić information content (AvgIpc) is 3.05. The predicted octanol–water partition coefficient (Wildman–Crippen LogP) is 2.19. The molecule has 4 heteroatoms. The summed E-state index contributed by atoms with van der Waals surface area (Å²) in [6.45, 7) is 8.18. The molecule has 1 fully saturated rings. The highest BCUT2D eigenvalue weighted by molar-refractivity contribution is 7.80. The third-order valence-electron chi connectivity index (χ3n) is 3.07. The quantitative estimate of drug-likeness (QED) is 0.481. The van der Waals surface area contributed by atoms with Crippen molar-refractivity contribution >= 4 is 17.2 Å². The zero-order valence-electron chi connectivity index (χ0n) is 11.2. The lowest BCUT2D eigenvalue weighted by Crippen LogP contribution is -2.32. The van der Waals surface area contributed by atoms with Crippen LogP contribution < -0.4 is 5.73 Å². The molecular formula is C13H26N2OS. The van der Waals surface area contributed by atoms with Crippen LogP contribution in [-0.4, -0.2) is 42.2 Å². The smallest absolute Gasteiger partial charge is 0.0740 e. The summed E-state index contributed by atoms with van der Waals surface area (Å²) in [5.41, 5.74) is 5.54. The first-order chi connectivity index (χ1) is 8.09. The Morgan fingerprint density at radius 3 is 2.59 bits per heavy atom. The molecule has 0 atom stereocenters. The number of hydrogen-bond donors (Lipinski definition) is 1. The molecule has 3 nitrogen and oxygen atoms in total. The maximum Gasteiger partial charge on any atom is 0.0740 e. The molecule has 0 aromatic rings. The molecular weight excluding hydrogens is 232 g/mol. The molecule has 0 aromatic heterocycles.